The van der Waals surface area contributed by atoms with E-state index in [1.54, 1.807) is 66.7 Å². The van der Waals surface area contributed by atoms with Crippen LogP contribution in [0.4, 0.5) is 0 Å². The van der Waals surface area contributed by atoms with Crippen molar-refractivity contribution in [1.82, 2.24) is 25.6 Å². The van der Waals surface area contributed by atoms with E-state index in [2.05, 4.69) is 20.9 Å². The first-order valence-electron chi connectivity index (χ1n) is 10.2. The van der Waals surface area contributed by atoms with E-state index in [1.807, 2.05) is 24.3 Å². The lowest BCUT2D eigenvalue weighted by Crippen LogP contribution is -2.43. The zero-order chi connectivity index (χ0) is 22.8. The minimum Gasteiger partial charge on any atom is -0.267 e. The lowest BCUT2D eigenvalue weighted by Gasteiger charge is -2.12. The summed E-state index contributed by atoms with van der Waals surface area (Å²) in [6, 6.07) is 26.3. The van der Waals surface area contributed by atoms with Crippen LogP contribution in [0.2, 0.25) is 0 Å². The molecule has 0 saturated carbocycles. The Morgan fingerprint density at radius 2 is 1.36 bits per heavy atom. The van der Waals surface area contributed by atoms with Crippen molar-refractivity contribution >= 4 is 33.5 Å². The Morgan fingerprint density at radius 1 is 0.697 bits per heavy atom. The highest BCUT2D eigenvalue weighted by atomic mass is 16.2. The highest BCUT2D eigenvalue weighted by molar-refractivity contribution is 6.06. The fourth-order valence-corrected chi connectivity index (χ4v) is 3.53. The summed E-state index contributed by atoms with van der Waals surface area (Å²) in [5, 5.41) is 5.90. The Hall–Kier alpha value is -4.85. The van der Waals surface area contributed by atoms with Crippen LogP contribution in [0.1, 0.15) is 21.0 Å². The van der Waals surface area contributed by atoms with Crippen LogP contribution in [-0.2, 0) is 0 Å². The van der Waals surface area contributed by atoms with E-state index in [0.717, 1.165) is 5.39 Å². The topological polar surface area (TPSA) is 106 Å². The third kappa shape index (κ3) is 3.81. The molecule has 0 radical (unpaired) electrons. The first-order valence-corrected chi connectivity index (χ1v) is 10.2. The molecule has 0 aliphatic carbocycles. The van der Waals surface area contributed by atoms with E-state index >= 15 is 0 Å². The molecule has 160 valence electrons. The molecule has 0 unspecified atom stereocenters. The number of hydrogen-bond acceptors (Lipinski definition) is 5. The number of amides is 2. The summed E-state index contributed by atoms with van der Waals surface area (Å²) in [5.41, 5.74) is 5.74. The van der Waals surface area contributed by atoms with E-state index < -0.39 is 11.8 Å². The molecule has 3 aromatic carbocycles. The van der Waals surface area contributed by atoms with Crippen LogP contribution in [0.15, 0.2) is 95.8 Å². The molecule has 2 amide bonds. The Kier molecular flexibility index (Phi) is 5.08. The summed E-state index contributed by atoms with van der Waals surface area (Å²) >= 11 is 0. The number of para-hydroxylation sites is 2. The third-order valence-electron chi connectivity index (χ3n) is 5.14. The highest BCUT2D eigenvalue weighted by Gasteiger charge is 2.18. The van der Waals surface area contributed by atoms with Crippen molar-refractivity contribution in [3.8, 4) is 5.69 Å². The number of aromatic nitrogens is 3. The number of carbonyl (C=O) groups is 2. The predicted molar refractivity (Wildman–Crippen MR) is 124 cm³/mol. The predicted octanol–water partition coefficient (Wildman–Crippen LogP) is 3.01. The van der Waals surface area contributed by atoms with Gasteiger partial charge < -0.3 is 0 Å². The van der Waals surface area contributed by atoms with Gasteiger partial charge >= 0.3 is 0 Å². The molecule has 8 nitrogen and oxygen atoms in total. The van der Waals surface area contributed by atoms with Crippen LogP contribution in [0.3, 0.4) is 0 Å². The van der Waals surface area contributed by atoms with Gasteiger partial charge in [-0.15, -0.1) is 0 Å². The monoisotopic (exact) mass is 435 g/mol. The molecule has 5 aromatic rings. The van der Waals surface area contributed by atoms with Gasteiger partial charge in [-0.3, -0.25) is 25.2 Å². The van der Waals surface area contributed by atoms with Crippen LogP contribution < -0.4 is 16.4 Å². The van der Waals surface area contributed by atoms with Gasteiger partial charge in [-0.2, -0.15) is 9.78 Å². The number of rotatable bonds is 3. The SMILES string of the molecule is O=C(NNC(=O)c1nn(-c2ccccc2)c(=O)c2ccccc12)c1ccc2ccccc2n1. The van der Waals surface area contributed by atoms with Crippen molar-refractivity contribution in [2.24, 2.45) is 0 Å². The van der Waals surface area contributed by atoms with Crippen LogP contribution in [0, 0.1) is 0 Å². The largest absolute Gasteiger partial charge is 0.290 e. The zero-order valence-corrected chi connectivity index (χ0v) is 17.2. The molecule has 0 atom stereocenters. The number of pyridine rings is 1. The minimum atomic E-state index is -0.662. The van der Waals surface area contributed by atoms with Crippen molar-refractivity contribution in [2.75, 3.05) is 0 Å². The number of hydrogen-bond donors (Lipinski definition) is 2. The van der Waals surface area contributed by atoms with E-state index in [4.69, 9.17) is 0 Å². The Morgan fingerprint density at radius 3 is 2.18 bits per heavy atom. The molecule has 0 spiro atoms. The van der Waals surface area contributed by atoms with E-state index in [1.165, 1.54) is 4.68 Å². The van der Waals surface area contributed by atoms with Gasteiger partial charge in [0, 0.05) is 10.8 Å². The summed E-state index contributed by atoms with van der Waals surface area (Å²) in [6.45, 7) is 0. The maximum Gasteiger partial charge on any atom is 0.290 e. The molecule has 8 heteroatoms. The van der Waals surface area contributed by atoms with Gasteiger partial charge in [0.1, 0.15) is 5.69 Å². The lowest BCUT2D eigenvalue weighted by atomic mass is 10.1. The molecule has 0 fully saturated rings. The maximum absolute atomic E-state index is 13.0. The first kappa shape index (κ1) is 20.1. The van der Waals surface area contributed by atoms with Gasteiger partial charge in [0.15, 0.2) is 5.69 Å². The van der Waals surface area contributed by atoms with Crippen molar-refractivity contribution in [2.45, 2.75) is 0 Å². The number of nitrogens with one attached hydrogen (secondary N) is 2. The molecule has 0 bridgehead atoms. The fourth-order valence-electron chi connectivity index (χ4n) is 3.53. The summed E-state index contributed by atoms with van der Waals surface area (Å²) in [4.78, 5) is 42.8. The highest BCUT2D eigenvalue weighted by Crippen LogP contribution is 2.15. The summed E-state index contributed by atoms with van der Waals surface area (Å²) < 4.78 is 1.17. The smallest absolute Gasteiger partial charge is 0.267 e. The van der Waals surface area contributed by atoms with E-state index in [-0.39, 0.29) is 16.9 Å². The molecule has 0 saturated heterocycles. The number of nitrogens with zero attached hydrogens (tertiary/aromatic N) is 3. The molecular formula is C25H17N5O3. The maximum atomic E-state index is 13.0. The van der Waals surface area contributed by atoms with Crippen molar-refractivity contribution in [3.05, 3.63) is 113 Å². The Labute approximate surface area is 187 Å². The van der Waals surface area contributed by atoms with Crippen LogP contribution in [0.5, 0.6) is 0 Å². The standard InChI is InChI=1S/C25H17N5O3/c31-23(21-15-14-16-8-4-7-13-20(16)26-21)27-28-24(32)22-18-11-5-6-12-19(18)25(33)30(29-22)17-9-2-1-3-10-17/h1-15H,(H,27,31)(H,28,32). The molecule has 33 heavy (non-hydrogen) atoms. The summed E-state index contributed by atoms with van der Waals surface area (Å²) in [5.74, 6) is -1.24. The van der Waals surface area contributed by atoms with Gasteiger partial charge in [0.2, 0.25) is 0 Å². The molecular weight excluding hydrogens is 418 g/mol. The molecule has 2 heterocycles. The van der Waals surface area contributed by atoms with Gasteiger partial charge in [-0.25, -0.2) is 4.98 Å². The van der Waals surface area contributed by atoms with Crippen molar-refractivity contribution < 1.29 is 9.59 Å². The van der Waals surface area contributed by atoms with Gasteiger partial charge in [-0.05, 0) is 30.3 Å². The van der Waals surface area contributed by atoms with Gasteiger partial charge in [0.05, 0.1) is 16.6 Å². The van der Waals surface area contributed by atoms with E-state index in [9.17, 15) is 14.4 Å². The normalized spacial score (nSPS) is 10.8. The van der Waals surface area contributed by atoms with E-state index in [0.29, 0.717) is 22.0 Å². The number of hydrazine groups is 1. The van der Waals surface area contributed by atoms with Crippen LogP contribution in [-0.4, -0.2) is 26.6 Å². The molecule has 2 aromatic heterocycles. The second-order valence-corrected chi connectivity index (χ2v) is 7.24. The summed E-state index contributed by atoms with van der Waals surface area (Å²) in [7, 11) is 0. The molecule has 5 rings (SSSR count). The average Bonchev–Trinajstić information content (AvgIpc) is 2.87. The second-order valence-electron chi connectivity index (χ2n) is 7.24. The van der Waals surface area contributed by atoms with Gasteiger partial charge in [-0.1, -0.05) is 60.7 Å². The number of carbonyl (C=O) groups excluding carboxylic acids is 2. The Balaban J connectivity index is 1.46. The first-order chi connectivity index (χ1) is 16.1. The quantitative estimate of drug-likeness (QED) is 0.424. The minimum absolute atomic E-state index is 0.000763. The fraction of sp³-hybridized carbons (Fsp3) is 0. The van der Waals surface area contributed by atoms with Crippen LogP contribution in [0.25, 0.3) is 27.4 Å². The van der Waals surface area contributed by atoms with Crippen molar-refractivity contribution in [1.29, 1.82) is 0 Å². The van der Waals surface area contributed by atoms with Crippen LogP contribution >= 0.6 is 0 Å². The molecule has 0 aliphatic heterocycles. The second kappa shape index (κ2) is 8.35. The average molecular weight is 435 g/mol. The zero-order valence-electron chi connectivity index (χ0n) is 17.2. The summed E-state index contributed by atoms with van der Waals surface area (Å²) in [6.07, 6.45) is 0. The molecule has 0 aliphatic rings. The lowest BCUT2D eigenvalue weighted by molar-refractivity contribution is 0.0841. The third-order valence-corrected chi connectivity index (χ3v) is 5.14. The van der Waals surface area contributed by atoms with Gasteiger partial charge in [0.25, 0.3) is 17.4 Å². The number of fused-ring (bicyclic) bond motifs is 2. The molecule has 2 N–H and O–H groups in total. The Bertz CT molecular complexity index is 1580. The number of benzene rings is 3. The van der Waals surface area contributed by atoms with Crippen molar-refractivity contribution in [3.63, 3.8) is 0 Å².